The third-order valence-electron chi connectivity index (χ3n) is 10.6. The van der Waals surface area contributed by atoms with Crippen LogP contribution in [-0.4, -0.2) is 0 Å². The summed E-state index contributed by atoms with van der Waals surface area (Å²) in [6, 6.07) is 51.2. The Hall–Kier alpha value is -5.18. The van der Waals surface area contributed by atoms with Crippen molar-refractivity contribution in [1.82, 2.24) is 0 Å². The molecule has 0 bridgehead atoms. The molecule has 2 aliphatic carbocycles. The highest BCUT2D eigenvalue weighted by Crippen LogP contribution is 2.62. The van der Waals surface area contributed by atoms with Crippen molar-refractivity contribution >= 4 is 71.9 Å². The van der Waals surface area contributed by atoms with E-state index < -0.39 is 0 Å². The molecule has 2 heteroatoms. The van der Waals surface area contributed by atoms with Gasteiger partial charge in [0.25, 0.3) is 0 Å². The molecule has 0 amide bonds. The van der Waals surface area contributed by atoms with Crippen molar-refractivity contribution in [3.05, 3.63) is 173 Å². The van der Waals surface area contributed by atoms with Crippen molar-refractivity contribution in [3.8, 4) is 0 Å². The van der Waals surface area contributed by atoms with Gasteiger partial charge < -0.3 is 4.90 Å². The number of fused-ring (bicyclic) bond motifs is 7. The van der Waals surface area contributed by atoms with Crippen LogP contribution in [-0.2, 0) is 10.8 Å². The van der Waals surface area contributed by atoms with E-state index in [4.69, 9.17) is 0 Å². The number of hydrogen-bond acceptors (Lipinski definition) is 2. The Morgan fingerprint density at radius 2 is 1.04 bits per heavy atom. The zero-order valence-corrected chi connectivity index (χ0v) is 28.6. The zero-order chi connectivity index (χ0) is 32.6. The van der Waals surface area contributed by atoms with Gasteiger partial charge in [-0.25, -0.2) is 0 Å². The minimum Gasteiger partial charge on any atom is -0.310 e. The summed E-state index contributed by atoms with van der Waals surface area (Å²) in [5.74, 6) is 0. The Balaban J connectivity index is 1.03. The minimum absolute atomic E-state index is 0.00477. The zero-order valence-electron chi connectivity index (χ0n) is 27.8. The van der Waals surface area contributed by atoms with Crippen LogP contribution in [0.2, 0.25) is 0 Å². The molecule has 1 aromatic heterocycles. The summed E-state index contributed by atoms with van der Waals surface area (Å²) in [5, 5.41) is 2.64. The molecule has 0 fully saturated rings. The summed E-state index contributed by atoms with van der Waals surface area (Å²) >= 11 is 1.86. The van der Waals surface area contributed by atoms with Gasteiger partial charge in [-0.05, 0) is 87.0 Å². The first kappa shape index (κ1) is 29.0. The van der Waals surface area contributed by atoms with Crippen molar-refractivity contribution in [2.75, 3.05) is 4.90 Å². The molecular weight excluding hydrogens is 599 g/mol. The molecule has 0 saturated heterocycles. The van der Waals surface area contributed by atoms with Gasteiger partial charge >= 0.3 is 0 Å². The topological polar surface area (TPSA) is 3.24 Å². The quantitative estimate of drug-likeness (QED) is 0.170. The Morgan fingerprint density at radius 1 is 0.458 bits per heavy atom. The first-order valence-corrected chi connectivity index (χ1v) is 17.7. The van der Waals surface area contributed by atoms with Crippen molar-refractivity contribution in [2.24, 2.45) is 0 Å². The van der Waals surface area contributed by atoms with E-state index in [0.717, 1.165) is 17.1 Å². The first-order chi connectivity index (χ1) is 23.3. The standard InChI is InChI=1S/C46H37NS/c1-45(2)39-16-10-8-15-37(39)43-44(45)38-26-22-31(28-40(38)46(43,3)4)19-18-30-20-23-33(24-21-30)47(32-12-6-5-7-13-32)34-25-27-36-35-14-9-11-17-41(35)48-42(36)29-34/h5-29H,1-4H3/b19-18+. The number of anilines is 3. The second kappa shape index (κ2) is 10.7. The van der Waals surface area contributed by atoms with E-state index in [1.807, 2.05) is 11.3 Å². The lowest BCUT2D eigenvalue weighted by molar-refractivity contribution is 0.694. The molecule has 0 radical (unpaired) electrons. The summed E-state index contributed by atoms with van der Waals surface area (Å²) in [5.41, 5.74) is 14.6. The minimum atomic E-state index is -0.0419. The smallest absolute Gasteiger partial charge is 0.0476 e. The SMILES string of the molecule is CC1(C)C2=C(c3ccccc31)C(C)(C)c1cc(/C=C/c3ccc(N(c4ccccc4)c4ccc5c(c4)sc4ccccc45)cc3)ccc12. The fourth-order valence-electron chi connectivity index (χ4n) is 8.29. The molecule has 1 heterocycles. The average Bonchev–Trinajstić information content (AvgIpc) is 3.69. The maximum absolute atomic E-state index is 2.42. The van der Waals surface area contributed by atoms with Crippen molar-refractivity contribution in [3.63, 3.8) is 0 Å². The highest BCUT2D eigenvalue weighted by Gasteiger charge is 2.49. The Labute approximate surface area is 287 Å². The lowest BCUT2D eigenvalue weighted by Gasteiger charge is -2.28. The van der Waals surface area contributed by atoms with Crippen molar-refractivity contribution < 1.29 is 0 Å². The van der Waals surface area contributed by atoms with Crippen LogP contribution in [0.5, 0.6) is 0 Å². The second-order valence-corrected chi connectivity index (χ2v) is 15.3. The Morgan fingerprint density at radius 3 is 1.85 bits per heavy atom. The predicted molar refractivity (Wildman–Crippen MR) is 209 cm³/mol. The molecule has 1 nitrogen and oxygen atoms in total. The van der Waals surface area contributed by atoms with Gasteiger partial charge in [-0.3, -0.25) is 0 Å². The van der Waals surface area contributed by atoms with E-state index in [2.05, 4.69) is 184 Å². The third-order valence-corrected chi connectivity index (χ3v) is 11.7. The van der Waals surface area contributed by atoms with Gasteiger partial charge in [0.05, 0.1) is 0 Å². The third kappa shape index (κ3) is 4.36. The van der Waals surface area contributed by atoms with E-state index in [9.17, 15) is 0 Å². The van der Waals surface area contributed by atoms with Gasteiger partial charge in [-0.2, -0.15) is 0 Å². The number of benzene rings is 6. The molecule has 232 valence electrons. The molecule has 9 rings (SSSR count). The van der Waals surface area contributed by atoms with E-state index in [0.29, 0.717) is 0 Å². The largest absolute Gasteiger partial charge is 0.310 e. The number of nitrogens with zero attached hydrogens (tertiary/aromatic N) is 1. The maximum atomic E-state index is 2.42. The summed E-state index contributed by atoms with van der Waals surface area (Å²) in [4.78, 5) is 2.35. The number of hydrogen-bond donors (Lipinski definition) is 0. The number of allylic oxidation sites excluding steroid dienone is 2. The van der Waals surface area contributed by atoms with Crippen LogP contribution < -0.4 is 4.90 Å². The van der Waals surface area contributed by atoms with Crippen molar-refractivity contribution in [1.29, 1.82) is 0 Å². The van der Waals surface area contributed by atoms with Gasteiger partial charge in [0.1, 0.15) is 0 Å². The van der Waals surface area contributed by atoms with E-state index in [-0.39, 0.29) is 10.8 Å². The highest BCUT2D eigenvalue weighted by atomic mass is 32.1. The molecule has 0 spiro atoms. The summed E-state index contributed by atoms with van der Waals surface area (Å²) in [6.45, 7) is 9.57. The Kier molecular flexibility index (Phi) is 6.44. The van der Waals surface area contributed by atoms with Gasteiger partial charge in [0.15, 0.2) is 0 Å². The molecular formula is C46H37NS. The molecule has 7 aromatic rings. The Bertz CT molecular complexity index is 2440. The average molecular weight is 636 g/mol. The lowest BCUT2D eigenvalue weighted by atomic mass is 9.75. The molecule has 0 aliphatic heterocycles. The van der Waals surface area contributed by atoms with Crippen LogP contribution in [0.3, 0.4) is 0 Å². The maximum Gasteiger partial charge on any atom is 0.0476 e. The van der Waals surface area contributed by atoms with Crippen LogP contribution in [0.1, 0.15) is 61.1 Å². The molecule has 0 atom stereocenters. The van der Waals surface area contributed by atoms with Crippen molar-refractivity contribution in [2.45, 2.75) is 38.5 Å². The number of rotatable bonds is 5. The normalized spacial score (nSPS) is 15.7. The first-order valence-electron chi connectivity index (χ1n) is 16.9. The van der Waals surface area contributed by atoms with Crippen LogP contribution in [0.4, 0.5) is 17.1 Å². The monoisotopic (exact) mass is 635 g/mol. The number of para-hydroxylation sites is 1. The summed E-state index contributed by atoms with van der Waals surface area (Å²) in [6.07, 6.45) is 4.50. The number of thiophene rings is 1. The van der Waals surface area contributed by atoms with E-state index in [1.165, 1.54) is 64.7 Å². The van der Waals surface area contributed by atoms with E-state index in [1.54, 1.807) is 0 Å². The van der Waals surface area contributed by atoms with Gasteiger partial charge in [0, 0.05) is 48.1 Å². The van der Waals surface area contributed by atoms with Crippen LogP contribution in [0.15, 0.2) is 140 Å². The second-order valence-electron chi connectivity index (χ2n) is 14.2. The summed E-state index contributed by atoms with van der Waals surface area (Å²) in [7, 11) is 0. The van der Waals surface area contributed by atoms with E-state index >= 15 is 0 Å². The molecule has 0 saturated carbocycles. The van der Waals surface area contributed by atoms with Gasteiger partial charge in [-0.1, -0.05) is 137 Å². The predicted octanol–water partition coefficient (Wildman–Crippen LogP) is 13.2. The molecule has 2 aliphatic rings. The van der Waals surface area contributed by atoms with Gasteiger partial charge in [0.2, 0.25) is 0 Å². The lowest BCUT2D eigenvalue weighted by Crippen LogP contribution is -2.19. The van der Waals surface area contributed by atoms with Gasteiger partial charge in [-0.15, -0.1) is 11.3 Å². The molecule has 6 aromatic carbocycles. The van der Waals surface area contributed by atoms with Crippen LogP contribution in [0.25, 0.3) is 43.5 Å². The molecule has 48 heavy (non-hydrogen) atoms. The van der Waals surface area contributed by atoms with Crippen LogP contribution in [0, 0.1) is 0 Å². The fraction of sp³-hybridized carbons (Fsp3) is 0.130. The molecule has 0 N–H and O–H groups in total. The fourth-order valence-corrected chi connectivity index (χ4v) is 9.43. The van der Waals surface area contributed by atoms with Crippen LogP contribution >= 0.6 is 11.3 Å². The highest BCUT2D eigenvalue weighted by molar-refractivity contribution is 7.25. The summed E-state index contributed by atoms with van der Waals surface area (Å²) < 4.78 is 2.63. The molecule has 0 unspecified atom stereocenters.